The van der Waals surface area contributed by atoms with Gasteiger partial charge in [-0.1, -0.05) is 6.07 Å². The van der Waals surface area contributed by atoms with E-state index in [-0.39, 0.29) is 31.3 Å². The second-order valence-corrected chi connectivity index (χ2v) is 6.01. The summed E-state index contributed by atoms with van der Waals surface area (Å²) >= 11 is 1.43. The largest absolute Gasteiger partial charge is 0.479 e. The van der Waals surface area contributed by atoms with Gasteiger partial charge in [-0.2, -0.15) is 4.68 Å². The summed E-state index contributed by atoms with van der Waals surface area (Å²) in [5.74, 6) is 0.519. The predicted octanol–water partition coefficient (Wildman–Crippen LogP) is 1.31. The van der Waals surface area contributed by atoms with Crippen LogP contribution in [0.15, 0.2) is 37.3 Å². The molecule has 3 heterocycles. The molecular formula is C15H16N4O5S. The quantitative estimate of drug-likeness (QED) is 0.641. The van der Waals surface area contributed by atoms with E-state index in [0.29, 0.717) is 18.1 Å². The van der Waals surface area contributed by atoms with Crippen LogP contribution in [0.25, 0.3) is 10.8 Å². The van der Waals surface area contributed by atoms with E-state index >= 15 is 0 Å². The maximum absolute atomic E-state index is 11.8. The second kappa shape index (κ2) is 7.79. The number of carbonyl (C=O) groups is 1. The maximum atomic E-state index is 11.8. The highest BCUT2D eigenvalue weighted by atomic mass is 32.1. The standard InChI is InChI=1S/C15H16N4O5S/c1-22-13-9-10(24-18-13)4-5-12(20)16-6-7-19-15(21)23-14(17-19)11-3-2-8-25-11/h2-3,8-9H,4-7H2,1H3,(H,16,20). The molecule has 0 fully saturated rings. The lowest BCUT2D eigenvalue weighted by Crippen LogP contribution is -2.30. The van der Waals surface area contributed by atoms with Gasteiger partial charge in [-0.25, -0.2) is 4.79 Å². The van der Waals surface area contributed by atoms with Gasteiger partial charge in [0.1, 0.15) is 5.76 Å². The van der Waals surface area contributed by atoms with Crippen LogP contribution < -0.4 is 15.8 Å². The Balaban J connectivity index is 1.44. The SMILES string of the molecule is COc1cc(CCC(=O)NCCn2nc(-c3cccs3)oc2=O)on1. The van der Waals surface area contributed by atoms with Crippen molar-refractivity contribution >= 4 is 17.2 Å². The minimum absolute atomic E-state index is 0.162. The molecule has 1 amide bonds. The second-order valence-electron chi connectivity index (χ2n) is 5.06. The fraction of sp³-hybridized carbons (Fsp3) is 0.333. The highest BCUT2D eigenvalue weighted by Gasteiger charge is 2.11. The van der Waals surface area contributed by atoms with Crippen LogP contribution in [-0.2, 0) is 17.8 Å². The highest BCUT2D eigenvalue weighted by Crippen LogP contribution is 2.20. The Bertz CT molecular complexity index is 880. The van der Waals surface area contributed by atoms with Crippen molar-refractivity contribution in [3.63, 3.8) is 0 Å². The molecule has 0 radical (unpaired) electrons. The van der Waals surface area contributed by atoms with Gasteiger partial charge in [-0.3, -0.25) is 4.79 Å². The van der Waals surface area contributed by atoms with Gasteiger partial charge in [-0.05, 0) is 16.6 Å². The molecule has 9 nitrogen and oxygen atoms in total. The summed E-state index contributed by atoms with van der Waals surface area (Å²) in [4.78, 5) is 24.4. The van der Waals surface area contributed by atoms with E-state index in [1.165, 1.54) is 23.1 Å². The number of amides is 1. The molecular weight excluding hydrogens is 348 g/mol. The molecule has 25 heavy (non-hydrogen) atoms. The summed E-state index contributed by atoms with van der Waals surface area (Å²) < 4.78 is 16.2. The number of methoxy groups -OCH3 is 1. The van der Waals surface area contributed by atoms with Gasteiger partial charge in [0.15, 0.2) is 0 Å². The van der Waals surface area contributed by atoms with Crippen molar-refractivity contribution in [1.29, 1.82) is 0 Å². The first-order chi connectivity index (χ1) is 12.2. The molecule has 0 bridgehead atoms. The molecule has 0 atom stereocenters. The number of hydrogen-bond acceptors (Lipinski definition) is 8. The molecule has 0 saturated carbocycles. The average molecular weight is 364 g/mol. The zero-order valence-corrected chi connectivity index (χ0v) is 14.2. The summed E-state index contributed by atoms with van der Waals surface area (Å²) in [5.41, 5.74) is 0. The van der Waals surface area contributed by atoms with Gasteiger partial charge in [0, 0.05) is 25.5 Å². The van der Waals surface area contributed by atoms with E-state index < -0.39 is 5.76 Å². The lowest BCUT2D eigenvalue weighted by molar-refractivity contribution is -0.121. The monoisotopic (exact) mass is 364 g/mol. The fourth-order valence-corrected chi connectivity index (χ4v) is 2.73. The van der Waals surface area contributed by atoms with Crippen molar-refractivity contribution in [3.8, 4) is 16.6 Å². The Morgan fingerprint density at radius 3 is 3.08 bits per heavy atom. The van der Waals surface area contributed by atoms with Crippen LogP contribution in [0.3, 0.4) is 0 Å². The predicted molar refractivity (Wildman–Crippen MR) is 88.5 cm³/mol. The molecule has 1 N–H and O–H groups in total. The highest BCUT2D eigenvalue weighted by molar-refractivity contribution is 7.13. The zero-order chi connectivity index (χ0) is 17.6. The van der Waals surface area contributed by atoms with Crippen LogP contribution in [-0.4, -0.2) is 34.5 Å². The summed E-state index contributed by atoms with van der Waals surface area (Å²) in [7, 11) is 1.49. The molecule has 0 spiro atoms. The molecule has 0 aliphatic carbocycles. The van der Waals surface area contributed by atoms with E-state index in [1.54, 1.807) is 6.07 Å². The van der Waals surface area contributed by atoms with E-state index in [9.17, 15) is 9.59 Å². The number of rotatable bonds is 8. The third-order valence-electron chi connectivity index (χ3n) is 3.33. The van der Waals surface area contributed by atoms with Crippen molar-refractivity contribution < 1.29 is 18.5 Å². The number of aryl methyl sites for hydroxylation is 1. The number of nitrogens with one attached hydrogen (secondary N) is 1. The fourth-order valence-electron chi connectivity index (χ4n) is 2.08. The number of hydrogen-bond donors (Lipinski definition) is 1. The lowest BCUT2D eigenvalue weighted by Gasteiger charge is -2.03. The number of nitrogens with zero attached hydrogens (tertiary/aromatic N) is 3. The topological polar surface area (TPSA) is 112 Å². The molecule has 10 heteroatoms. The molecule has 0 saturated heterocycles. The summed E-state index contributed by atoms with van der Waals surface area (Å²) in [6.07, 6.45) is 0.654. The Kier molecular flexibility index (Phi) is 5.29. The van der Waals surface area contributed by atoms with Crippen molar-refractivity contribution in [3.05, 3.63) is 39.9 Å². The van der Waals surface area contributed by atoms with Crippen molar-refractivity contribution in [2.45, 2.75) is 19.4 Å². The van der Waals surface area contributed by atoms with Crippen LogP contribution in [0.1, 0.15) is 12.2 Å². The zero-order valence-electron chi connectivity index (χ0n) is 13.4. The minimum atomic E-state index is -0.550. The van der Waals surface area contributed by atoms with Crippen LogP contribution >= 0.6 is 11.3 Å². The van der Waals surface area contributed by atoms with Gasteiger partial charge in [0.05, 0.1) is 18.5 Å². The summed E-state index contributed by atoms with van der Waals surface area (Å²) in [6.45, 7) is 0.504. The summed E-state index contributed by atoms with van der Waals surface area (Å²) in [5, 5.41) is 12.4. The van der Waals surface area contributed by atoms with Crippen molar-refractivity contribution in [2.75, 3.05) is 13.7 Å². The number of carbonyl (C=O) groups excluding carboxylic acids is 1. The molecule has 0 aromatic carbocycles. The summed E-state index contributed by atoms with van der Waals surface area (Å²) in [6, 6.07) is 5.30. The van der Waals surface area contributed by atoms with Crippen molar-refractivity contribution in [2.24, 2.45) is 0 Å². The lowest BCUT2D eigenvalue weighted by atomic mass is 10.2. The Labute approximate surface area is 146 Å². The normalized spacial score (nSPS) is 10.8. The van der Waals surface area contributed by atoms with Crippen LogP contribution in [0.5, 0.6) is 5.88 Å². The van der Waals surface area contributed by atoms with E-state index in [2.05, 4.69) is 15.6 Å². The molecule has 132 valence electrons. The van der Waals surface area contributed by atoms with E-state index in [0.717, 1.165) is 4.88 Å². The van der Waals surface area contributed by atoms with Gasteiger partial charge >= 0.3 is 5.76 Å². The number of thiophene rings is 1. The molecule has 0 aliphatic heterocycles. The molecule has 3 aromatic rings. The first-order valence-corrected chi connectivity index (χ1v) is 8.42. The third kappa shape index (κ3) is 4.35. The Morgan fingerprint density at radius 2 is 2.36 bits per heavy atom. The molecule has 0 unspecified atom stereocenters. The van der Waals surface area contributed by atoms with Gasteiger partial charge in [0.25, 0.3) is 11.8 Å². The maximum Gasteiger partial charge on any atom is 0.437 e. The number of ether oxygens (including phenoxy) is 1. The van der Waals surface area contributed by atoms with E-state index in [1.807, 2.05) is 17.5 Å². The molecule has 0 aliphatic rings. The van der Waals surface area contributed by atoms with Gasteiger partial charge in [-0.15, -0.1) is 16.4 Å². The smallest absolute Gasteiger partial charge is 0.437 e. The third-order valence-corrected chi connectivity index (χ3v) is 4.19. The molecule has 3 rings (SSSR count). The minimum Gasteiger partial charge on any atom is -0.479 e. The number of aromatic nitrogens is 3. The first-order valence-electron chi connectivity index (χ1n) is 7.54. The van der Waals surface area contributed by atoms with Crippen LogP contribution in [0.2, 0.25) is 0 Å². The van der Waals surface area contributed by atoms with Gasteiger partial charge < -0.3 is 19.0 Å². The van der Waals surface area contributed by atoms with Gasteiger partial charge in [0.2, 0.25) is 5.91 Å². The Morgan fingerprint density at radius 1 is 1.48 bits per heavy atom. The van der Waals surface area contributed by atoms with Crippen LogP contribution in [0, 0.1) is 0 Å². The molecule has 3 aromatic heterocycles. The average Bonchev–Trinajstić information content (AvgIpc) is 3.34. The van der Waals surface area contributed by atoms with Crippen LogP contribution in [0.4, 0.5) is 0 Å². The Hall–Kier alpha value is -2.88. The van der Waals surface area contributed by atoms with E-state index in [4.69, 9.17) is 13.7 Å². The first kappa shape index (κ1) is 17.0. The van der Waals surface area contributed by atoms with Crippen molar-refractivity contribution in [1.82, 2.24) is 20.3 Å².